The van der Waals surface area contributed by atoms with Gasteiger partial charge in [-0.1, -0.05) is 0 Å². The fraction of sp³-hybridized carbons (Fsp3) is 0.600. The van der Waals surface area contributed by atoms with Crippen molar-refractivity contribution in [3.8, 4) is 0 Å². The van der Waals surface area contributed by atoms with E-state index in [1.807, 2.05) is 0 Å². The van der Waals surface area contributed by atoms with Crippen LogP contribution in [-0.4, -0.2) is 25.5 Å². The minimum atomic E-state index is -1.08. The Bertz CT molecular complexity index is 116. The maximum absolute atomic E-state index is 9.43. The number of carbonyl (C=O) groups is 2. The Hall–Kier alpha value is 0.900. The molecule has 5 nitrogen and oxygen atoms in total. The van der Waals surface area contributed by atoms with E-state index in [1.165, 1.54) is 0 Å². The molecule has 0 heterocycles. The molecule has 0 amide bonds. The van der Waals surface area contributed by atoms with Crippen LogP contribution in [0.15, 0.2) is 0 Å². The van der Waals surface area contributed by atoms with Gasteiger partial charge in [0.2, 0.25) is 0 Å². The Morgan fingerprint density at radius 2 is 1.50 bits per heavy atom. The van der Waals surface area contributed by atoms with Crippen LogP contribution in [-0.2, 0) is 9.59 Å². The molecule has 0 aromatic carbocycles. The van der Waals surface area contributed by atoms with Crippen LogP contribution in [0, 0.1) is 0 Å². The van der Waals surface area contributed by atoms with Gasteiger partial charge in [0.25, 0.3) is 0 Å². The maximum atomic E-state index is 9.43. The smallest absolute Gasteiger partial charge is 0.550 e. The van der Waals surface area contributed by atoms with Crippen molar-refractivity contribution >= 4 is 11.9 Å². The molecule has 0 rings (SSSR count). The van der Waals surface area contributed by atoms with Crippen LogP contribution in [0.25, 0.3) is 0 Å². The molecule has 7 heteroatoms. The molecule has 0 radical (unpaired) electrons. The standard InChI is InChI=1S/C3H7NO2.C2H4O2.2Na/c1-4-2-3(5)6;1-2(3)4;;/h4H,2H2,1H3,(H,5,6);1H3,(H,3,4);;/q;;2*+1/p-2. The SMILES string of the molecule is CC(=O)[O-].CNCC(=O)[O-].[Na+].[Na+]. The van der Waals surface area contributed by atoms with Crippen molar-refractivity contribution in [2.24, 2.45) is 0 Å². The van der Waals surface area contributed by atoms with E-state index in [4.69, 9.17) is 9.90 Å². The number of aliphatic carboxylic acids is 2. The van der Waals surface area contributed by atoms with Gasteiger partial charge in [0.1, 0.15) is 0 Å². The van der Waals surface area contributed by atoms with Crippen LogP contribution in [0.2, 0.25) is 0 Å². The van der Waals surface area contributed by atoms with Crippen LogP contribution >= 0.6 is 0 Å². The average Bonchev–Trinajstić information content (AvgIpc) is 1.62. The molecule has 0 aliphatic carbocycles. The zero-order chi connectivity index (χ0) is 8.57. The van der Waals surface area contributed by atoms with Crippen molar-refractivity contribution in [1.82, 2.24) is 5.32 Å². The summed E-state index contributed by atoms with van der Waals surface area (Å²) < 4.78 is 0. The topological polar surface area (TPSA) is 92.3 Å². The van der Waals surface area contributed by atoms with Gasteiger partial charge in [-0.15, -0.1) is 0 Å². The minimum absolute atomic E-state index is 0. The summed E-state index contributed by atoms with van der Waals surface area (Å²) in [5.41, 5.74) is 0. The number of carboxylic acid groups (broad SMARTS) is 2. The molecule has 0 spiro atoms. The molecular weight excluding hydrogens is 184 g/mol. The predicted molar refractivity (Wildman–Crippen MR) is 29.6 cm³/mol. The Morgan fingerprint density at radius 1 is 1.25 bits per heavy atom. The summed E-state index contributed by atoms with van der Waals surface area (Å²) in [5.74, 6) is -2.16. The molecule has 0 atom stereocenters. The maximum Gasteiger partial charge on any atom is 1.00 e. The summed E-state index contributed by atoms with van der Waals surface area (Å²) in [6.07, 6.45) is 0. The molecule has 0 saturated heterocycles. The normalized spacial score (nSPS) is 6.17. The fourth-order valence-electron chi connectivity index (χ4n) is 0.144. The molecule has 0 bridgehead atoms. The second-order valence-corrected chi connectivity index (χ2v) is 1.39. The molecule has 0 aromatic heterocycles. The van der Waals surface area contributed by atoms with Crippen molar-refractivity contribution in [2.75, 3.05) is 13.6 Å². The largest absolute Gasteiger partial charge is 1.00 e. The number of nitrogens with one attached hydrogen (secondary N) is 1. The second kappa shape index (κ2) is 17.8. The van der Waals surface area contributed by atoms with Gasteiger partial charge in [-0.2, -0.15) is 0 Å². The van der Waals surface area contributed by atoms with Crippen molar-refractivity contribution < 1.29 is 78.9 Å². The van der Waals surface area contributed by atoms with Crippen LogP contribution in [0.4, 0.5) is 0 Å². The Balaban J connectivity index is -0.0000000483. The zero-order valence-electron chi connectivity index (χ0n) is 7.84. The van der Waals surface area contributed by atoms with E-state index in [0.717, 1.165) is 6.92 Å². The minimum Gasteiger partial charge on any atom is -0.550 e. The van der Waals surface area contributed by atoms with Crippen LogP contribution < -0.4 is 74.6 Å². The first-order valence-corrected chi connectivity index (χ1v) is 2.52. The number of hydrogen-bond donors (Lipinski definition) is 1. The van der Waals surface area contributed by atoms with E-state index >= 15 is 0 Å². The Kier molecular flexibility index (Phi) is 34.3. The number of carbonyl (C=O) groups excluding carboxylic acids is 2. The predicted octanol–water partition coefficient (Wildman–Crippen LogP) is -9.28. The summed E-state index contributed by atoms with van der Waals surface area (Å²) in [7, 11) is 1.55. The summed E-state index contributed by atoms with van der Waals surface area (Å²) in [6.45, 7) is 0.903. The first-order chi connectivity index (χ1) is 4.50. The van der Waals surface area contributed by atoms with Gasteiger partial charge in [0.15, 0.2) is 0 Å². The summed E-state index contributed by atoms with van der Waals surface area (Å²) in [6, 6.07) is 0. The van der Waals surface area contributed by atoms with Gasteiger partial charge in [0, 0.05) is 12.5 Å². The monoisotopic (exact) mass is 193 g/mol. The molecule has 0 saturated carbocycles. The summed E-state index contributed by atoms with van der Waals surface area (Å²) >= 11 is 0. The number of carboxylic acids is 2. The van der Waals surface area contributed by atoms with E-state index < -0.39 is 11.9 Å². The van der Waals surface area contributed by atoms with E-state index in [1.54, 1.807) is 7.05 Å². The van der Waals surface area contributed by atoms with Crippen LogP contribution in [0.1, 0.15) is 6.92 Å². The zero-order valence-corrected chi connectivity index (χ0v) is 11.8. The van der Waals surface area contributed by atoms with Gasteiger partial charge in [-0.3, -0.25) is 0 Å². The van der Waals surface area contributed by atoms with Crippen LogP contribution in [0.5, 0.6) is 0 Å². The first kappa shape index (κ1) is 23.1. The third kappa shape index (κ3) is 70.2. The quantitative estimate of drug-likeness (QED) is 0.439. The van der Waals surface area contributed by atoms with E-state index in [-0.39, 0.29) is 65.7 Å². The van der Waals surface area contributed by atoms with Crippen molar-refractivity contribution in [3.05, 3.63) is 0 Å². The Morgan fingerprint density at radius 3 is 1.50 bits per heavy atom. The summed E-state index contributed by atoms with van der Waals surface area (Å²) in [4.78, 5) is 18.3. The van der Waals surface area contributed by atoms with Crippen molar-refractivity contribution in [3.63, 3.8) is 0 Å². The molecular formula is C5H9NNa2O4. The molecule has 60 valence electrons. The molecule has 0 aromatic rings. The van der Waals surface area contributed by atoms with Crippen LogP contribution in [0.3, 0.4) is 0 Å². The summed E-state index contributed by atoms with van der Waals surface area (Å²) in [5, 5.41) is 20.7. The fourth-order valence-corrected chi connectivity index (χ4v) is 0.144. The van der Waals surface area contributed by atoms with Gasteiger partial charge in [0.05, 0.1) is 5.97 Å². The average molecular weight is 193 g/mol. The van der Waals surface area contributed by atoms with E-state index in [2.05, 4.69) is 5.32 Å². The third-order valence-corrected chi connectivity index (χ3v) is 0.321. The van der Waals surface area contributed by atoms with Crippen molar-refractivity contribution in [1.29, 1.82) is 0 Å². The Labute approximate surface area is 115 Å². The molecule has 1 N–H and O–H groups in total. The first-order valence-electron chi connectivity index (χ1n) is 2.52. The molecule has 0 fully saturated rings. The van der Waals surface area contributed by atoms with Gasteiger partial charge >= 0.3 is 59.1 Å². The second-order valence-electron chi connectivity index (χ2n) is 1.39. The molecule has 0 unspecified atom stereocenters. The van der Waals surface area contributed by atoms with E-state index in [9.17, 15) is 9.90 Å². The van der Waals surface area contributed by atoms with E-state index in [0.29, 0.717) is 0 Å². The molecule has 12 heavy (non-hydrogen) atoms. The number of hydrogen-bond acceptors (Lipinski definition) is 5. The third-order valence-electron chi connectivity index (χ3n) is 0.321. The van der Waals surface area contributed by atoms with Gasteiger partial charge in [-0.25, -0.2) is 0 Å². The number of rotatable bonds is 2. The van der Waals surface area contributed by atoms with Gasteiger partial charge in [-0.05, 0) is 14.0 Å². The molecule has 0 aliphatic heterocycles. The van der Waals surface area contributed by atoms with Gasteiger partial charge < -0.3 is 25.1 Å². The molecule has 0 aliphatic rings. The van der Waals surface area contributed by atoms with Crippen molar-refractivity contribution in [2.45, 2.75) is 6.92 Å². The number of likely N-dealkylation sites (N-methyl/N-ethyl adjacent to an activating group) is 1.